The Hall–Kier alpha value is -1.02. The normalized spacial score (nSPS) is 18.6. The predicted molar refractivity (Wildman–Crippen MR) is 81.7 cm³/mol. The third-order valence-electron chi connectivity index (χ3n) is 4.29. The maximum Gasteiger partial charge on any atom is 0.0398 e. The van der Waals surface area contributed by atoms with Gasteiger partial charge in [-0.25, -0.2) is 0 Å². The fourth-order valence-corrected chi connectivity index (χ4v) is 2.83. The van der Waals surface area contributed by atoms with E-state index in [1.165, 1.54) is 49.0 Å². The Balaban J connectivity index is 1.74. The van der Waals surface area contributed by atoms with E-state index < -0.39 is 0 Å². The van der Waals surface area contributed by atoms with E-state index in [0.717, 1.165) is 25.0 Å². The lowest BCUT2D eigenvalue weighted by Gasteiger charge is -2.27. The maximum atomic E-state index is 3.40. The van der Waals surface area contributed by atoms with Crippen molar-refractivity contribution in [3.05, 3.63) is 29.3 Å². The Kier molecular flexibility index (Phi) is 3.79. The molecule has 2 aliphatic carbocycles. The van der Waals surface area contributed by atoms with Gasteiger partial charge in [-0.05, 0) is 62.3 Å². The first-order valence-electron chi connectivity index (χ1n) is 7.85. The molecule has 0 amide bonds. The molecule has 104 valence electrons. The third-order valence-corrected chi connectivity index (χ3v) is 4.29. The van der Waals surface area contributed by atoms with Crippen LogP contribution in [0, 0.1) is 12.8 Å². The molecule has 0 saturated heterocycles. The summed E-state index contributed by atoms with van der Waals surface area (Å²) in [5.41, 5.74) is 4.34. The van der Waals surface area contributed by atoms with Gasteiger partial charge >= 0.3 is 0 Å². The molecule has 0 radical (unpaired) electrons. The lowest BCUT2D eigenvalue weighted by molar-refractivity contribution is 0.712. The minimum Gasteiger partial charge on any atom is -0.368 e. The average molecular weight is 258 g/mol. The number of benzene rings is 1. The van der Waals surface area contributed by atoms with Crippen LogP contribution in [0.5, 0.6) is 0 Å². The molecule has 0 unspecified atom stereocenters. The van der Waals surface area contributed by atoms with Crippen LogP contribution in [0.25, 0.3) is 0 Å². The van der Waals surface area contributed by atoms with Crippen molar-refractivity contribution in [1.82, 2.24) is 5.32 Å². The Morgan fingerprint density at radius 1 is 1.21 bits per heavy atom. The molecular weight excluding hydrogens is 232 g/mol. The molecule has 0 bridgehead atoms. The van der Waals surface area contributed by atoms with E-state index in [4.69, 9.17) is 0 Å². The van der Waals surface area contributed by atoms with Gasteiger partial charge in [-0.3, -0.25) is 0 Å². The highest BCUT2D eigenvalue weighted by Crippen LogP contribution is 2.38. The van der Waals surface area contributed by atoms with Crippen molar-refractivity contribution in [3.8, 4) is 0 Å². The minimum atomic E-state index is 0.832. The van der Waals surface area contributed by atoms with Gasteiger partial charge in [0.15, 0.2) is 0 Å². The van der Waals surface area contributed by atoms with Crippen LogP contribution < -0.4 is 10.2 Å². The standard InChI is InChI=1S/C17H26N2/c1-3-18-11-15-6-9-17(13(2)10-15)19(16-7-8-16)12-14-4-5-14/h6,9-10,14,16,18H,3-5,7-8,11-12H2,1-2H3. The molecule has 19 heavy (non-hydrogen) atoms. The number of anilines is 1. The van der Waals surface area contributed by atoms with E-state index in [2.05, 4.69) is 42.3 Å². The van der Waals surface area contributed by atoms with Gasteiger partial charge in [-0.2, -0.15) is 0 Å². The summed E-state index contributed by atoms with van der Waals surface area (Å²) in [4.78, 5) is 2.68. The lowest BCUT2D eigenvalue weighted by atomic mass is 10.1. The van der Waals surface area contributed by atoms with E-state index in [0.29, 0.717) is 0 Å². The van der Waals surface area contributed by atoms with Crippen LogP contribution in [-0.2, 0) is 6.54 Å². The zero-order valence-electron chi connectivity index (χ0n) is 12.3. The largest absolute Gasteiger partial charge is 0.368 e. The molecule has 2 aliphatic rings. The summed E-state index contributed by atoms with van der Waals surface area (Å²) in [7, 11) is 0. The van der Waals surface area contributed by atoms with Crippen LogP contribution in [0.2, 0.25) is 0 Å². The van der Waals surface area contributed by atoms with E-state index in [-0.39, 0.29) is 0 Å². The van der Waals surface area contributed by atoms with Crippen LogP contribution in [0.3, 0.4) is 0 Å². The Bertz CT molecular complexity index is 433. The van der Waals surface area contributed by atoms with Crippen molar-refractivity contribution >= 4 is 5.69 Å². The molecule has 0 aromatic heterocycles. The molecule has 2 fully saturated rings. The molecule has 2 heteroatoms. The summed E-state index contributed by atoms with van der Waals surface area (Å²) in [6, 6.07) is 7.84. The zero-order chi connectivity index (χ0) is 13.2. The van der Waals surface area contributed by atoms with Crippen LogP contribution in [0.1, 0.15) is 43.7 Å². The maximum absolute atomic E-state index is 3.40. The van der Waals surface area contributed by atoms with E-state index in [1.807, 2.05) is 0 Å². The number of rotatable bonds is 7. The fraction of sp³-hybridized carbons (Fsp3) is 0.647. The molecule has 3 rings (SSSR count). The van der Waals surface area contributed by atoms with Gasteiger partial charge in [0, 0.05) is 24.8 Å². The molecule has 2 nitrogen and oxygen atoms in total. The van der Waals surface area contributed by atoms with Gasteiger partial charge in [0.25, 0.3) is 0 Å². The first kappa shape index (κ1) is 13.0. The van der Waals surface area contributed by atoms with Crippen LogP contribution in [0.15, 0.2) is 18.2 Å². The molecule has 0 spiro atoms. The summed E-state index contributed by atoms with van der Waals surface area (Å²) in [5.74, 6) is 0.974. The van der Waals surface area contributed by atoms with Crippen LogP contribution in [0.4, 0.5) is 5.69 Å². The van der Waals surface area contributed by atoms with Crippen molar-refractivity contribution in [1.29, 1.82) is 0 Å². The van der Waals surface area contributed by atoms with Gasteiger partial charge in [0.05, 0.1) is 0 Å². The number of hydrogen-bond acceptors (Lipinski definition) is 2. The van der Waals surface area contributed by atoms with Gasteiger partial charge < -0.3 is 10.2 Å². The molecule has 2 saturated carbocycles. The summed E-state index contributed by atoms with van der Waals surface area (Å²) in [6.45, 7) is 7.75. The van der Waals surface area contributed by atoms with Crippen molar-refractivity contribution in [2.75, 3.05) is 18.0 Å². The molecule has 1 N–H and O–H groups in total. The van der Waals surface area contributed by atoms with E-state index >= 15 is 0 Å². The molecule has 0 aliphatic heterocycles. The number of aryl methyl sites for hydroxylation is 1. The van der Waals surface area contributed by atoms with Crippen LogP contribution in [-0.4, -0.2) is 19.1 Å². The second-order valence-corrected chi connectivity index (χ2v) is 6.23. The molecule has 1 aromatic rings. The second-order valence-electron chi connectivity index (χ2n) is 6.23. The highest BCUT2D eigenvalue weighted by molar-refractivity contribution is 5.56. The highest BCUT2D eigenvalue weighted by atomic mass is 15.2. The van der Waals surface area contributed by atoms with E-state index in [1.54, 1.807) is 0 Å². The number of hydrogen-bond donors (Lipinski definition) is 1. The predicted octanol–water partition coefficient (Wildman–Crippen LogP) is 3.48. The average Bonchev–Trinajstić information content (AvgIpc) is 3.27. The summed E-state index contributed by atoms with van der Waals surface area (Å²) >= 11 is 0. The Morgan fingerprint density at radius 3 is 2.58 bits per heavy atom. The zero-order valence-corrected chi connectivity index (χ0v) is 12.3. The Labute approximate surface area is 117 Å². The Morgan fingerprint density at radius 2 is 2.00 bits per heavy atom. The second kappa shape index (κ2) is 5.54. The summed E-state index contributed by atoms with van der Waals surface area (Å²) < 4.78 is 0. The molecular formula is C17H26N2. The summed E-state index contributed by atoms with van der Waals surface area (Å²) in [6.07, 6.45) is 5.68. The van der Waals surface area contributed by atoms with Gasteiger partial charge in [0.2, 0.25) is 0 Å². The van der Waals surface area contributed by atoms with Gasteiger partial charge in [0.1, 0.15) is 0 Å². The van der Waals surface area contributed by atoms with Crippen molar-refractivity contribution in [2.24, 2.45) is 5.92 Å². The number of nitrogens with one attached hydrogen (secondary N) is 1. The first-order chi connectivity index (χ1) is 9.28. The van der Waals surface area contributed by atoms with Crippen LogP contribution >= 0.6 is 0 Å². The molecule has 0 heterocycles. The summed E-state index contributed by atoms with van der Waals surface area (Å²) in [5, 5.41) is 3.40. The van der Waals surface area contributed by atoms with Gasteiger partial charge in [-0.15, -0.1) is 0 Å². The van der Waals surface area contributed by atoms with Crippen molar-refractivity contribution in [3.63, 3.8) is 0 Å². The quantitative estimate of drug-likeness (QED) is 0.805. The topological polar surface area (TPSA) is 15.3 Å². The number of nitrogens with zero attached hydrogens (tertiary/aromatic N) is 1. The molecule has 1 aromatic carbocycles. The van der Waals surface area contributed by atoms with Crippen molar-refractivity contribution in [2.45, 2.75) is 52.1 Å². The van der Waals surface area contributed by atoms with Crippen molar-refractivity contribution < 1.29 is 0 Å². The SMILES string of the molecule is CCNCc1ccc(N(CC2CC2)C2CC2)c(C)c1. The highest BCUT2D eigenvalue weighted by Gasteiger charge is 2.34. The minimum absolute atomic E-state index is 0.832. The first-order valence-corrected chi connectivity index (χ1v) is 7.85. The monoisotopic (exact) mass is 258 g/mol. The fourth-order valence-electron chi connectivity index (χ4n) is 2.83. The smallest absolute Gasteiger partial charge is 0.0398 e. The third kappa shape index (κ3) is 3.30. The van der Waals surface area contributed by atoms with Gasteiger partial charge in [-0.1, -0.05) is 19.1 Å². The van der Waals surface area contributed by atoms with E-state index in [9.17, 15) is 0 Å². The molecule has 0 atom stereocenters. The lowest BCUT2D eigenvalue weighted by Crippen LogP contribution is -2.28.